The zero-order valence-corrected chi connectivity index (χ0v) is 21.3. The fourth-order valence-corrected chi connectivity index (χ4v) is 5.57. The van der Waals surface area contributed by atoms with Crippen LogP contribution in [0.2, 0.25) is 0 Å². The minimum Gasteiger partial charge on any atom is -0.389 e. The summed E-state index contributed by atoms with van der Waals surface area (Å²) in [5, 5.41) is 52.8. The molecule has 0 aromatic rings. The molecule has 0 aromatic heterocycles. The molecule has 1 aliphatic carbocycles. The first kappa shape index (κ1) is 30.3. The largest absolute Gasteiger partial charge is 0.389 e. The Morgan fingerprint density at radius 3 is 1.86 bits per heavy atom. The second kappa shape index (κ2) is 12.8. The molecular weight excluding hydrogens is 498 g/mol. The van der Waals surface area contributed by atoms with E-state index in [9.17, 15) is 25.5 Å². The summed E-state index contributed by atoms with van der Waals surface area (Å²) in [7, 11) is 0. The summed E-state index contributed by atoms with van der Waals surface area (Å²) in [6, 6.07) is -3.67. The summed E-state index contributed by atoms with van der Waals surface area (Å²) < 4.78 is 23.3. The van der Waals surface area contributed by atoms with Crippen molar-refractivity contribution in [3.05, 3.63) is 0 Å². The third-order valence-corrected chi connectivity index (χ3v) is 8.16. The van der Waals surface area contributed by atoms with Crippen molar-refractivity contribution < 1.29 is 44.5 Å². The van der Waals surface area contributed by atoms with E-state index in [2.05, 4.69) is 0 Å². The van der Waals surface area contributed by atoms with Gasteiger partial charge in [-0.1, -0.05) is 13.8 Å². The Morgan fingerprint density at radius 2 is 1.31 bits per heavy atom. The number of hydrogen-bond acceptors (Lipinski definition) is 15. The van der Waals surface area contributed by atoms with E-state index in [0.717, 1.165) is 0 Å². The van der Waals surface area contributed by atoms with Gasteiger partial charge in [0.2, 0.25) is 0 Å². The molecule has 0 amide bonds. The molecule has 3 rings (SSSR count). The van der Waals surface area contributed by atoms with Gasteiger partial charge in [-0.3, -0.25) is 0 Å². The highest BCUT2D eigenvalue weighted by Crippen LogP contribution is 2.31. The Balaban J connectivity index is 1.71. The predicted octanol–water partition coefficient (Wildman–Crippen LogP) is -5.18. The number of ether oxygens (including phenoxy) is 4. The minimum absolute atomic E-state index is 0.0973. The molecule has 14 nitrogen and oxygen atoms in total. The molecule has 15 atom stereocenters. The van der Waals surface area contributed by atoms with Crippen molar-refractivity contribution in [2.24, 2.45) is 28.7 Å². The van der Waals surface area contributed by atoms with Gasteiger partial charge < -0.3 is 73.1 Å². The Hall–Kier alpha value is -0.210. The molecule has 0 unspecified atom stereocenters. The van der Waals surface area contributed by atoms with Gasteiger partial charge in [-0.25, -0.2) is 0 Å². The van der Waals surface area contributed by atoms with Crippen molar-refractivity contribution >= 4 is 11.8 Å². The number of aliphatic hydroxyl groups is 5. The van der Waals surface area contributed by atoms with Crippen LogP contribution in [0.25, 0.3) is 0 Å². The molecule has 2 heterocycles. The predicted molar refractivity (Wildman–Crippen MR) is 130 cm³/mol. The molecule has 2 aliphatic heterocycles. The van der Waals surface area contributed by atoms with E-state index in [1.165, 1.54) is 0 Å². The topological polar surface area (TPSA) is 268 Å². The van der Waals surface area contributed by atoms with E-state index < -0.39 is 91.7 Å². The highest BCUT2D eigenvalue weighted by molar-refractivity contribution is 7.99. The fraction of sp³-hybridized carbons (Fsp3) is 1.00. The number of thioether (sulfide) groups is 1. The van der Waals surface area contributed by atoms with Gasteiger partial charge in [-0.2, -0.15) is 11.8 Å². The van der Waals surface area contributed by atoms with Crippen molar-refractivity contribution in [2.45, 2.75) is 117 Å². The van der Waals surface area contributed by atoms with E-state index in [0.29, 0.717) is 5.75 Å². The van der Waals surface area contributed by atoms with Crippen molar-refractivity contribution in [2.75, 3.05) is 12.3 Å². The fourth-order valence-electron chi connectivity index (χ4n) is 4.72. The van der Waals surface area contributed by atoms with E-state index in [-0.39, 0.29) is 18.2 Å². The second-order valence-electron chi connectivity index (χ2n) is 10.1. The number of nitrogens with two attached hydrogens (primary N) is 5. The molecule has 36 heavy (non-hydrogen) atoms. The lowest BCUT2D eigenvalue weighted by molar-refractivity contribution is -0.314. The Morgan fingerprint density at radius 1 is 0.750 bits per heavy atom. The van der Waals surface area contributed by atoms with Crippen LogP contribution in [0.3, 0.4) is 0 Å². The van der Waals surface area contributed by atoms with Crippen LogP contribution in [0.4, 0.5) is 0 Å². The minimum atomic E-state index is -1.40. The SMILES string of the molecule is CC(C)SC[C@H]1O[C@H](O[C@@H]2[C@@H](O)[C@H](O[C@H]3O[C@H](CN)[C@@H](O)[C@H](O)[C@H]3N)[C@@H](N)C[C@H]2N)[C@H](O)[C@@H](N)[C@@H]1O. The van der Waals surface area contributed by atoms with Gasteiger partial charge in [0, 0.05) is 24.4 Å². The molecule has 0 bridgehead atoms. The highest BCUT2D eigenvalue weighted by atomic mass is 32.2. The lowest BCUT2D eigenvalue weighted by atomic mass is 9.84. The van der Waals surface area contributed by atoms with Crippen LogP contribution >= 0.6 is 11.8 Å². The van der Waals surface area contributed by atoms with Gasteiger partial charge in [0.1, 0.15) is 42.7 Å². The van der Waals surface area contributed by atoms with Crippen LogP contribution in [-0.2, 0) is 18.9 Å². The van der Waals surface area contributed by atoms with Gasteiger partial charge in [-0.05, 0) is 11.7 Å². The molecule has 1 saturated carbocycles. The van der Waals surface area contributed by atoms with Crippen molar-refractivity contribution in [1.82, 2.24) is 0 Å². The normalized spacial score (nSPS) is 50.4. The van der Waals surface area contributed by atoms with Gasteiger partial charge in [-0.15, -0.1) is 0 Å². The van der Waals surface area contributed by atoms with E-state index >= 15 is 0 Å². The van der Waals surface area contributed by atoms with Crippen LogP contribution in [0.15, 0.2) is 0 Å². The standard InChI is InChI=1S/C21H43N5O9S/c1-6(2)36-5-10-13(27)11(25)16(30)21(33-10)35-19-8(24)3-7(23)18(17(19)31)34-20-12(26)15(29)14(28)9(4-22)32-20/h6-21,27-31H,3-5,22-26H2,1-2H3/t7-,8+,9+,10+,11-,12+,13+,14+,15+,16+,17-,18+,19-,20+,21+/m0/s1. The second-order valence-corrected chi connectivity index (χ2v) is 11.7. The molecule has 0 aromatic carbocycles. The molecule has 0 spiro atoms. The molecule has 2 saturated heterocycles. The number of hydrogen-bond donors (Lipinski definition) is 10. The molecule has 3 aliphatic rings. The molecule has 3 fully saturated rings. The molecule has 15 heteroatoms. The number of rotatable bonds is 8. The average Bonchev–Trinajstić information content (AvgIpc) is 2.83. The summed E-state index contributed by atoms with van der Waals surface area (Å²) in [5.41, 5.74) is 30.1. The van der Waals surface area contributed by atoms with Crippen LogP contribution in [0.5, 0.6) is 0 Å². The van der Waals surface area contributed by atoms with Gasteiger partial charge in [0.05, 0.1) is 24.3 Å². The van der Waals surface area contributed by atoms with Crippen molar-refractivity contribution in [3.8, 4) is 0 Å². The summed E-state index contributed by atoms with van der Waals surface area (Å²) in [6.45, 7) is 3.90. The Labute approximate surface area is 214 Å². The van der Waals surface area contributed by atoms with Crippen LogP contribution in [0.1, 0.15) is 20.3 Å². The average molecular weight is 542 g/mol. The van der Waals surface area contributed by atoms with Gasteiger partial charge in [0.15, 0.2) is 12.6 Å². The zero-order chi connectivity index (χ0) is 26.9. The first-order chi connectivity index (χ1) is 16.9. The first-order valence-corrected chi connectivity index (χ1v) is 13.3. The van der Waals surface area contributed by atoms with Crippen LogP contribution in [0, 0.1) is 0 Å². The summed E-state index contributed by atoms with van der Waals surface area (Å²) >= 11 is 1.56. The zero-order valence-electron chi connectivity index (χ0n) is 20.5. The summed E-state index contributed by atoms with van der Waals surface area (Å²) in [6.07, 6.45) is -12.7. The number of aliphatic hydroxyl groups excluding tert-OH is 5. The molecular formula is C21H43N5O9S. The van der Waals surface area contributed by atoms with Gasteiger partial charge in [0.25, 0.3) is 0 Å². The summed E-state index contributed by atoms with van der Waals surface area (Å²) in [5.74, 6) is 0.419. The van der Waals surface area contributed by atoms with Crippen LogP contribution < -0.4 is 28.7 Å². The first-order valence-electron chi connectivity index (χ1n) is 12.2. The summed E-state index contributed by atoms with van der Waals surface area (Å²) in [4.78, 5) is 0. The van der Waals surface area contributed by atoms with E-state index in [1.807, 2.05) is 13.8 Å². The van der Waals surface area contributed by atoms with Crippen LogP contribution in [-0.4, -0.2) is 135 Å². The highest BCUT2D eigenvalue weighted by Gasteiger charge is 2.51. The maximum atomic E-state index is 11.1. The third kappa shape index (κ3) is 6.50. The maximum Gasteiger partial charge on any atom is 0.186 e. The lowest BCUT2D eigenvalue weighted by Crippen LogP contribution is -2.69. The molecule has 0 radical (unpaired) electrons. The lowest BCUT2D eigenvalue weighted by Gasteiger charge is -2.48. The van der Waals surface area contributed by atoms with E-state index in [4.69, 9.17) is 47.6 Å². The molecule has 15 N–H and O–H groups in total. The smallest absolute Gasteiger partial charge is 0.186 e. The van der Waals surface area contributed by atoms with Crippen molar-refractivity contribution in [3.63, 3.8) is 0 Å². The third-order valence-electron chi connectivity index (χ3n) is 6.98. The van der Waals surface area contributed by atoms with Gasteiger partial charge >= 0.3 is 0 Å². The van der Waals surface area contributed by atoms with E-state index in [1.54, 1.807) is 11.8 Å². The Kier molecular flexibility index (Phi) is 10.8. The van der Waals surface area contributed by atoms with Crippen molar-refractivity contribution in [1.29, 1.82) is 0 Å². The molecule has 212 valence electrons. The quantitative estimate of drug-likeness (QED) is 0.138. The maximum absolute atomic E-state index is 11.1. The Bertz CT molecular complexity index is 700. The monoisotopic (exact) mass is 541 g/mol.